The molecule has 0 aliphatic carbocycles. The van der Waals surface area contributed by atoms with Crippen LogP contribution in [0, 0.1) is 0 Å². The van der Waals surface area contributed by atoms with E-state index in [0.717, 1.165) is 37.4 Å². The highest BCUT2D eigenvalue weighted by Gasteiger charge is 2.26. The smallest absolute Gasteiger partial charge is 0.260 e. The Morgan fingerprint density at radius 1 is 1.32 bits per heavy atom. The lowest BCUT2D eigenvalue weighted by Gasteiger charge is -2.32. The van der Waals surface area contributed by atoms with Crippen LogP contribution in [0.1, 0.15) is 24.5 Å². The Morgan fingerprint density at radius 2 is 2.14 bits per heavy atom. The van der Waals surface area contributed by atoms with Crippen molar-refractivity contribution >= 4 is 5.91 Å². The van der Waals surface area contributed by atoms with Gasteiger partial charge in [0.2, 0.25) is 0 Å². The molecule has 0 unspecified atom stereocenters. The first-order chi connectivity index (χ1) is 10.7. The molecule has 2 heterocycles. The second kappa shape index (κ2) is 6.64. The molecule has 2 aromatic rings. The van der Waals surface area contributed by atoms with Gasteiger partial charge in [0.1, 0.15) is 5.75 Å². The molecule has 0 N–H and O–H groups in total. The minimum atomic E-state index is 0.0458. The molecule has 0 saturated carbocycles. The second-order valence-corrected chi connectivity index (χ2v) is 5.69. The Bertz CT molecular complexity index is 624. The Balaban J connectivity index is 1.56. The van der Waals surface area contributed by atoms with Crippen LogP contribution in [0.2, 0.25) is 0 Å². The molecule has 5 nitrogen and oxygen atoms in total. The number of piperidine rings is 1. The van der Waals surface area contributed by atoms with Gasteiger partial charge in [0.05, 0.1) is 5.69 Å². The monoisotopic (exact) mass is 299 g/mol. The van der Waals surface area contributed by atoms with E-state index in [9.17, 15) is 4.79 Å². The first kappa shape index (κ1) is 14.6. The van der Waals surface area contributed by atoms with Crippen LogP contribution in [0.25, 0.3) is 0 Å². The average molecular weight is 299 g/mol. The van der Waals surface area contributed by atoms with Gasteiger partial charge in [0.15, 0.2) is 6.61 Å². The van der Waals surface area contributed by atoms with E-state index in [1.54, 1.807) is 0 Å². The highest BCUT2D eigenvalue weighted by Crippen LogP contribution is 2.25. The predicted octanol–water partition coefficient (Wildman–Crippen LogP) is 2.21. The fourth-order valence-electron chi connectivity index (χ4n) is 2.85. The predicted molar refractivity (Wildman–Crippen MR) is 83.7 cm³/mol. The molecule has 3 rings (SSSR count). The lowest BCUT2D eigenvalue weighted by atomic mass is 9.95. The number of carbonyl (C=O) groups is 1. The number of hydrogen-bond donors (Lipinski definition) is 0. The summed E-state index contributed by atoms with van der Waals surface area (Å²) in [7, 11) is 1.92. The van der Waals surface area contributed by atoms with E-state index in [2.05, 4.69) is 5.10 Å². The second-order valence-electron chi connectivity index (χ2n) is 5.69. The zero-order valence-electron chi connectivity index (χ0n) is 12.8. The van der Waals surface area contributed by atoms with Gasteiger partial charge in [-0.1, -0.05) is 18.2 Å². The van der Waals surface area contributed by atoms with Crippen molar-refractivity contribution < 1.29 is 9.53 Å². The summed E-state index contributed by atoms with van der Waals surface area (Å²) in [4.78, 5) is 14.2. The Labute approximate surface area is 130 Å². The van der Waals surface area contributed by atoms with Crippen LogP contribution >= 0.6 is 0 Å². The first-order valence-electron chi connectivity index (χ1n) is 7.67. The SMILES string of the molecule is Cn1ccc([C@@H]2CCCN(C(=O)COc3ccccc3)C2)n1. The lowest BCUT2D eigenvalue weighted by molar-refractivity contribution is -0.134. The molecule has 1 amide bonds. The van der Waals surface area contributed by atoms with Crippen LogP contribution in [-0.4, -0.2) is 40.3 Å². The summed E-state index contributed by atoms with van der Waals surface area (Å²) in [6, 6.07) is 11.5. The van der Waals surface area contributed by atoms with E-state index in [4.69, 9.17) is 4.74 Å². The maximum Gasteiger partial charge on any atom is 0.260 e. The fraction of sp³-hybridized carbons (Fsp3) is 0.412. The molecule has 1 atom stereocenters. The molecule has 1 aliphatic rings. The summed E-state index contributed by atoms with van der Waals surface area (Å²) in [6.45, 7) is 1.63. The Morgan fingerprint density at radius 3 is 2.86 bits per heavy atom. The van der Waals surface area contributed by atoms with E-state index in [1.807, 2.05) is 59.2 Å². The third-order valence-electron chi connectivity index (χ3n) is 4.03. The highest BCUT2D eigenvalue weighted by atomic mass is 16.5. The van der Waals surface area contributed by atoms with Crippen LogP contribution in [0.15, 0.2) is 42.6 Å². The van der Waals surface area contributed by atoms with Crippen molar-refractivity contribution in [1.82, 2.24) is 14.7 Å². The average Bonchev–Trinajstić information content (AvgIpc) is 3.00. The van der Waals surface area contributed by atoms with Crippen molar-refractivity contribution in [3.63, 3.8) is 0 Å². The highest BCUT2D eigenvalue weighted by molar-refractivity contribution is 5.78. The number of para-hydroxylation sites is 1. The van der Waals surface area contributed by atoms with Gasteiger partial charge in [0, 0.05) is 32.3 Å². The number of aryl methyl sites for hydroxylation is 1. The third kappa shape index (κ3) is 3.47. The number of rotatable bonds is 4. The quantitative estimate of drug-likeness (QED) is 0.869. The number of benzene rings is 1. The minimum Gasteiger partial charge on any atom is -0.484 e. The molecule has 5 heteroatoms. The maximum atomic E-state index is 12.3. The number of hydrogen-bond acceptors (Lipinski definition) is 3. The summed E-state index contributed by atoms with van der Waals surface area (Å²) in [5.74, 6) is 1.11. The molecule has 1 aliphatic heterocycles. The summed E-state index contributed by atoms with van der Waals surface area (Å²) in [5, 5.41) is 4.47. The molecule has 1 saturated heterocycles. The van der Waals surface area contributed by atoms with Crippen LogP contribution in [0.5, 0.6) is 5.75 Å². The normalized spacial score (nSPS) is 18.2. The Kier molecular flexibility index (Phi) is 4.42. The molecule has 1 aromatic carbocycles. The molecular formula is C17H21N3O2. The molecule has 0 bridgehead atoms. The van der Waals surface area contributed by atoms with Crippen molar-refractivity contribution in [3.05, 3.63) is 48.3 Å². The van der Waals surface area contributed by atoms with Crippen molar-refractivity contribution in [2.24, 2.45) is 7.05 Å². The summed E-state index contributed by atoms with van der Waals surface area (Å²) < 4.78 is 7.37. The van der Waals surface area contributed by atoms with Gasteiger partial charge < -0.3 is 9.64 Å². The van der Waals surface area contributed by atoms with Crippen LogP contribution in [0.4, 0.5) is 0 Å². The number of ether oxygens (including phenoxy) is 1. The minimum absolute atomic E-state index is 0.0458. The van der Waals surface area contributed by atoms with E-state index < -0.39 is 0 Å². The molecule has 1 fully saturated rings. The number of carbonyl (C=O) groups excluding carboxylic acids is 1. The van der Waals surface area contributed by atoms with Crippen LogP contribution in [-0.2, 0) is 11.8 Å². The summed E-state index contributed by atoms with van der Waals surface area (Å²) in [5.41, 5.74) is 1.07. The molecule has 116 valence electrons. The van der Waals surface area contributed by atoms with Gasteiger partial charge in [-0.05, 0) is 31.0 Å². The van der Waals surface area contributed by atoms with E-state index in [-0.39, 0.29) is 12.5 Å². The Hall–Kier alpha value is -2.30. The van der Waals surface area contributed by atoms with Gasteiger partial charge >= 0.3 is 0 Å². The van der Waals surface area contributed by atoms with Gasteiger partial charge in [-0.3, -0.25) is 9.48 Å². The molecule has 1 aromatic heterocycles. The topological polar surface area (TPSA) is 47.4 Å². The van der Waals surface area contributed by atoms with Gasteiger partial charge in [0.25, 0.3) is 5.91 Å². The van der Waals surface area contributed by atoms with E-state index in [0.29, 0.717) is 5.92 Å². The van der Waals surface area contributed by atoms with Gasteiger partial charge in [-0.15, -0.1) is 0 Å². The molecule has 22 heavy (non-hydrogen) atoms. The van der Waals surface area contributed by atoms with E-state index >= 15 is 0 Å². The number of likely N-dealkylation sites (tertiary alicyclic amines) is 1. The molecular weight excluding hydrogens is 278 g/mol. The van der Waals surface area contributed by atoms with E-state index in [1.165, 1.54) is 0 Å². The maximum absolute atomic E-state index is 12.3. The van der Waals surface area contributed by atoms with Crippen molar-refractivity contribution in [3.8, 4) is 5.75 Å². The van der Waals surface area contributed by atoms with Crippen LogP contribution < -0.4 is 4.74 Å². The first-order valence-corrected chi connectivity index (χ1v) is 7.67. The zero-order valence-corrected chi connectivity index (χ0v) is 12.8. The fourth-order valence-corrected chi connectivity index (χ4v) is 2.85. The number of amides is 1. The van der Waals surface area contributed by atoms with Crippen LogP contribution in [0.3, 0.4) is 0 Å². The van der Waals surface area contributed by atoms with Crippen molar-refractivity contribution in [1.29, 1.82) is 0 Å². The lowest BCUT2D eigenvalue weighted by Crippen LogP contribution is -2.41. The standard InChI is InChI=1S/C17H21N3O2/c1-19-11-9-16(18-19)14-6-5-10-20(12-14)17(21)13-22-15-7-3-2-4-8-15/h2-4,7-9,11,14H,5-6,10,12-13H2,1H3/t14-/m1/s1. The van der Waals surface area contributed by atoms with Gasteiger partial charge in [-0.25, -0.2) is 0 Å². The largest absolute Gasteiger partial charge is 0.484 e. The summed E-state index contributed by atoms with van der Waals surface area (Å²) >= 11 is 0. The summed E-state index contributed by atoms with van der Waals surface area (Å²) in [6.07, 6.45) is 4.05. The van der Waals surface area contributed by atoms with Crippen molar-refractivity contribution in [2.45, 2.75) is 18.8 Å². The molecule has 0 radical (unpaired) electrons. The third-order valence-corrected chi connectivity index (χ3v) is 4.03. The number of nitrogens with zero attached hydrogens (tertiary/aromatic N) is 3. The number of aromatic nitrogens is 2. The van der Waals surface area contributed by atoms with Crippen molar-refractivity contribution in [2.75, 3.05) is 19.7 Å². The zero-order chi connectivity index (χ0) is 15.4. The van der Waals surface area contributed by atoms with Gasteiger partial charge in [-0.2, -0.15) is 5.10 Å². The molecule has 0 spiro atoms.